The Morgan fingerprint density at radius 1 is 1.06 bits per heavy atom. The van der Waals surface area contributed by atoms with E-state index in [0.717, 1.165) is 63.7 Å². The summed E-state index contributed by atoms with van der Waals surface area (Å²) in [4.78, 5) is 21.9. The minimum absolute atomic E-state index is 0.0217. The first-order valence-corrected chi connectivity index (χ1v) is 13.0. The first kappa shape index (κ1) is 23.2. The number of anilines is 1. The first-order chi connectivity index (χ1) is 16.6. The van der Waals surface area contributed by atoms with Crippen molar-refractivity contribution in [2.24, 2.45) is 11.3 Å². The molecule has 2 aromatic rings. The predicted octanol–water partition coefficient (Wildman–Crippen LogP) is 4.40. The number of pyridine rings is 1. The summed E-state index contributed by atoms with van der Waals surface area (Å²) in [5, 5.41) is 0. The summed E-state index contributed by atoms with van der Waals surface area (Å²) in [6, 6.07) is 12.1. The van der Waals surface area contributed by atoms with Gasteiger partial charge >= 0.3 is 0 Å². The highest BCUT2D eigenvalue weighted by atomic mass is 16.5. The SMILES string of the molecule is Nc1ncccc1C(=O)N1CCC2(CCCCc3ccccc3OCCN(CC3CC3)C2)CC1. The van der Waals surface area contributed by atoms with E-state index in [1.54, 1.807) is 18.3 Å². The quantitative estimate of drug-likeness (QED) is 0.732. The van der Waals surface area contributed by atoms with Gasteiger partial charge in [0.25, 0.3) is 5.91 Å². The Kier molecular flexibility index (Phi) is 7.05. The minimum Gasteiger partial charge on any atom is -0.492 e. The summed E-state index contributed by atoms with van der Waals surface area (Å²) in [5.41, 5.74) is 8.12. The summed E-state index contributed by atoms with van der Waals surface area (Å²) in [5.74, 6) is 2.27. The van der Waals surface area contributed by atoms with Gasteiger partial charge in [-0.15, -0.1) is 0 Å². The van der Waals surface area contributed by atoms with Gasteiger partial charge in [-0.3, -0.25) is 9.69 Å². The highest BCUT2D eigenvalue weighted by Crippen LogP contribution is 2.40. The Morgan fingerprint density at radius 3 is 2.68 bits per heavy atom. The van der Waals surface area contributed by atoms with E-state index < -0.39 is 0 Å². The Labute approximate surface area is 203 Å². The molecule has 0 atom stereocenters. The molecule has 1 amide bonds. The van der Waals surface area contributed by atoms with Gasteiger partial charge in [-0.2, -0.15) is 0 Å². The topological polar surface area (TPSA) is 71.7 Å². The van der Waals surface area contributed by atoms with Crippen LogP contribution in [0.1, 0.15) is 60.9 Å². The molecule has 1 aromatic heterocycles. The number of nitrogen functional groups attached to an aromatic ring is 1. The maximum absolute atomic E-state index is 13.1. The summed E-state index contributed by atoms with van der Waals surface area (Å²) in [6.45, 7) is 5.60. The van der Waals surface area contributed by atoms with E-state index in [1.165, 1.54) is 44.2 Å². The molecule has 6 nitrogen and oxygen atoms in total. The second-order valence-corrected chi connectivity index (χ2v) is 10.6. The summed E-state index contributed by atoms with van der Waals surface area (Å²) >= 11 is 0. The molecule has 2 fully saturated rings. The monoisotopic (exact) mass is 462 g/mol. The lowest BCUT2D eigenvalue weighted by atomic mass is 9.73. The van der Waals surface area contributed by atoms with E-state index in [1.807, 2.05) is 4.90 Å². The van der Waals surface area contributed by atoms with Crippen LogP contribution in [-0.4, -0.2) is 60.0 Å². The average Bonchev–Trinajstić information content (AvgIpc) is 3.66. The number of hydrogen-bond acceptors (Lipinski definition) is 5. The molecule has 1 aromatic carbocycles. The van der Waals surface area contributed by atoms with Crippen molar-refractivity contribution in [1.29, 1.82) is 0 Å². The molecule has 182 valence electrons. The molecule has 0 unspecified atom stereocenters. The molecular formula is C28H38N4O2. The molecule has 2 N–H and O–H groups in total. The standard InChI is InChI=1S/C28H38N4O2/c29-26-24(8-5-15-30-26)27(33)32-16-13-28(14-17-32)12-4-3-7-23-6-1-2-9-25(23)34-19-18-31(21-28)20-22-10-11-22/h1-2,5-6,8-9,15,22H,3-4,7,10-14,16-21H2,(H2,29,30). The third-order valence-electron chi connectivity index (χ3n) is 7.99. The maximum Gasteiger partial charge on any atom is 0.257 e. The lowest BCUT2D eigenvalue weighted by Gasteiger charge is -2.45. The first-order valence-electron chi connectivity index (χ1n) is 13.0. The number of nitrogens with two attached hydrogens (primary N) is 1. The number of para-hydroxylation sites is 1. The molecule has 2 aliphatic heterocycles. The molecule has 0 bridgehead atoms. The van der Waals surface area contributed by atoms with E-state index in [0.29, 0.717) is 11.4 Å². The van der Waals surface area contributed by atoms with Crippen molar-refractivity contribution in [3.8, 4) is 5.75 Å². The molecular weight excluding hydrogens is 424 g/mol. The number of piperidine rings is 1. The van der Waals surface area contributed by atoms with Crippen molar-refractivity contribution in [3.05, 3.63) is 53.7 Å². The van der Waals surface area contributed by atoms with Crippen LogP contribution in [0.3, 0.4) is 0 Å². The van der Waals surface area contributed by atoms with Crippen molar-refractivity contribution in [2.45, 2.75) is 51.4 Å². The molecule has 1 spiro atoms. The summed E-state index contributed by atoms with van der Waals surface area (Å²) < 4.78 is 6.26. The van der Waals surface area contributed by atoms with E-state index >= 15 is 0 Å². The zero-order chi connectivity index (χ0) is 23.4. The van der Waals surface area contributed by atoms with Crippen LogP contribution in [-0.2, 0) is 6.42 Å². The van der Waals surface area contributed by atoms with Gasteiger partial charge in [-0.25, -0.2) is 4.98 Å². The Bertz CT molecular complexity index is 982. The number of nitrogens with zero attached hydrogens (tertiary/aromatic N) is 3. The summed E-state index contributed by atoms with van der Waals surface area (Å²) in [7, 11) is 0. The van der Waals surface area contributed by atoms with E-state index in [4.69, 9.17) is 10.5 Å². The van der Waals surface area contributed by atoms with Crippen LogP contribution in [0.4, 0.5) is 5.82 Å². The Hall–Kier alpha value is -2.60. The molecule has 6 heteroatoms. The zero-order valence-corrected chi connectivity index (χ0v) is 20.3. The van der Waals surface area contributed by atoms with E-state index in [2.05, 4.69) is 34.1 Å². The van der Waals surface area contributed by atoms with Gasteiger partial charge in [0.15, 0.2) is 0 Å². The molecule has 3 aliphatic rings. The molecule has 5 rings (SSSR count). The molecule has 1 saturated carbocycles. The largest absolute Gasteiger partial charge is 0.492 e. The van der Waals surface area contributed by atoms with E-state index in [-0.39, 0.29) is 11.3 Å². The van der Waals surface area contributed by atoms with Gasteiger partial charge in [0.1, 0.15) is 18.2 Å². The van der Waals surface area contributed by atoms with Gasteiger partial charge in [0.05, 0.1) is 5.56 Å². The fourth-order valence-corrected chi connectivity index (χ4v) is 5.77. The van der Waals surface area contributed by atoms with Gasteiger partial charge in [-0.1, -0.05) is 24.6 Å². The van der Waals surface area contributed by atoms with Crippen molar-refractivity contribution in [3.63, 3.8) is 0 Å². The van der Waals surface area contributed by atoms with Crippen LogP contribution in [0.25, 0.3) is 0 Å². The number of ether oxygens (including phenoxy) is 1. The normalized spacial score (nSPS) is 21.7. The number of rotatable bonds is 3. The molecule has 1 aliphatic carbocycles. The van der Waals surface area contributed by atoms with Crippen LogP contribution >= 0.6 is 0 Å². The lowest BCUT2D eigenvalue weighted by Crippen LogP contribution is -2.49. The second kappa shape index (κ2) is 10.3. The number of carbonyl (C=O) groups excluding carboxylic acids is 1. The fraction of sp³-hybridized carbons (Fsp3) is 0.571. The molecule has 0 radical (unpaired) electrons. The predicted molar refractivity (Wildman–Crippen MR) is 135 cm³/mol. The van der Waals surface area contributed by atoms with Gasteiger partial charge in [0.2, 0.25) is 0 Å². The van der Waals surface area contributed by atoms with Crippen molar-refractivity contribution < 1.29 is 9.53 Å². The fourth-order valence-electron chi connectivity index (χ4n) is 5.77. The van der Waals surface area contributed by atoms with Crippen LogP contribution in [0, 0.1) is 11.3 Å². The van der Waals surface area contributed by atoms with Gasteiger partial charge in [-0.05, 0) is 80.0 Å². The van der Waals surface area contributed by atoms with Gasteiger partial charge < -0.3 is 15.4 Å². The second-order valence-electron chi connectivity index (χ2n) is 10.6. The van der Waals surface area contributed by atoms with Crippen LogP contribution in [0.15, 0.2) is 42.6 Å². The number of aromatic nitrogens is 1. The number of benzene rings is 1. The summed E-state index contributed by atoms with van der Waals surface area (Å²) in [6.07, 6.45) is 11.2. The van der Waals surface area contributed by atoms with E-state index in [9.17, 15) is 4.79 Å². The Morgan fingerprint density at radius 2 is 1.88 bits per heavy atom. The Balaban J connectivity index is 1.29. The van der Waals surface area contributed by atoms with Crippen LogP contribution in [0.5, 0.6) is 5.75 Å². The molecule has 3 heterocycles. The lowest BCUT2D eigenvalue weighted by molar-refractivity contribution is 0.0369. The van der Waals surface area contributed by atoms with Crippen LogP contribution in [0.2, 0.25) is 0 Å². The average molecular weight is 463 g/mol. The number of aryl methyl sites for hydroxylation is 1. The maximum atomic E-state index is 13.1. The third-order valence-corrected chi connectivity index (χ3v) is 7.99. The molecule has 1 saturated heterocycles. The highest BCUT2D eigenvalue weighted by Gasteiger charge is 2.38. The number of likely N-dealkylation sites (tertiary alicyclic amines) is 1. The minimum atomic E-state index is 0.0217. The number of carbonyl (C=O) groups is 1. The van der Waals surface area contributed by atoms with Crippen molar-refractivity contribution in [2.75, 3.05) is 45.1 Å². The van der Waals surface area contributed by atoms with Crippen molar-refractivity contribution in [1.82, 2.24) is 14.8 Å². The number of amides is 1. The molecule has 34 heavy (non-hydrogen) atoms. The number of fused-ring (bicyclic) bond motifs is 1. The highest BCUT2D eigenvalue weighted by molar-refractivity contribution is 5.98. The van der Waals surface area contributed by atoms with Crippen molar-refractivity contribution >= 4 is 11.7 Å². The third kappa shape index (κ3) is 5.54. The zero-order valence-electron chi connectivity index (χ0n) is 20.3. The number of hydrogen-bond donors (Lipinski definition) is 1. The van der Waals surface area contributed by atoms with Crippen LogP contribution < -0.4 is 10.5 Å². The smallest absolute Gasteiger partial charge is 0.257 e. The van der Waals surface area contributed by atoms with Gasteiger partial charge in [0, 0.05) is 38.9 Å².